The van der Waals surface area contributed by atoms with E-state index in [4.69, 9.17) is 4.74 Å². The second kappa shape index (κ2) is 4.60. The molecular formula is C14H22O2. The minimum atomic E-state index is 0.265. The number of hydrogen-bond acceptors (Lipinski definition) is 2. The van der Waals surface area contributed by atoms with E-state index >= 15 is 0 Å². The first kappa shape index (κ1) is 11.7. The fourth-order valence-electron chi connectivity index (χ4n) is 2.67. The van der Waals surface area contributed by atoms with Crippen LogP contribution in [0.1, 0.15) is 52.4 Å². The molecule has 16 heavy (non-hydrogen) atoms. The molecule has 90 valence electrons. The first-order valence-electron chi connectivity index (χ1n) is 6.43. The van der Waals surface area contributed by atoms with E-state index in [1.165, 1.54) is 12.8 Å². The molecule has 0 saturated heterocycles. The fraction of sp³-hybridized carbons (Fsp3) is 0.786. The quantitative estimate of drug-likeness (QED) is 0.715. The summed E-state index contributed by atoms with van der Waals surface area (Å²) < 4.78 is 5.25. The summed E-state index contributed by atoms with van der Waals surface area (Å²) in [5, 5.41) is 0. The Morgan fingerprint density at radius 3 is 2.62 bits per heavy atom. The van der Waals surface area contributed by atoms with E-state index in [-0.39, 0.29) is 5.92 Å². The molecule has 1 heterocycles. The van der Waals surface area contributed by atoms with Crippen LogP contribution in [-0.4, -0.2) is 12.4 Å². The minimum Gasteiger partial charge on any atom is -0.501 e. The molecule has 2 aliphatic rings. The summed E-state index contributed by atoms with van der Waals surface area (Å²) in [6, 6.07) is 0. The third-order valence-electron chi connectivity index (χ3n) is 3.96. The Morgan fingerprint density at radius 1 is 1.38 bits per heavy atom. The first-order chi connectivity index (χ1) is 7.58. The summed E-state index contributed by atoms with van der Waals surface area (Å²) in [7, 11) is 0. The van der Waals surface area contributed by atoms with Crippen molar-refractivity contribution in [2.24, 2.45) is 11.3 Å². The zero-order chi connectivity index (χ0) is 11.6. The third kappa shape index (κ3) is 2.66. The third-order valence-corrected chi connectivity index (χ3v) is 3.96. The summed E-state index contributed by atoms with van der Waals surface area (Å²) in [5.74, 6) is 0.621. The highest BCUT2D eigenvalue weighted by molar-refractivity contribution is 5.97. The smallest absolute Gasteiger partial charge is 0.164 e. The van der Waals surface area contributed by atoms with Gasteiger partial charge in [-0.1, -0.05) is 13.8 Å². The Morgan fingerprint density at radius 2 is 2.06 bits per heavy atom. The lowest BCUT2D eigenvalue weighted by molar-refractivity contribution is -0.121. The molecule has 1 aliphatic carbocycles. The number of allylic oxidation sites excluding steroid dienone is 1. The van der Waals surface area contributed by atoms with Crippen LogP contribution < -0.4 is 0 Å². The summed E-state index contributed by atoms with van der Waals surface area (Å²) in [4.78, 5) is 12.2. The predicted molar refractivity (Wildman–Crippen MR) is 64.0 cm³/mol. The molecule has 0 unspecified atom stereocenters. The lowest BCUT2D eigenvalue weighted by Gasteiger charge is -2.34. The molecule has 0 aromatic carbocycles. The van der Waals surface area contributed by atoms with Crippen LogP contribution in [0.25, 0.3) is 0 Å². The molecule has 0 amide bonds. The molecule has 2 rings (SSSR count). The minimum absolute atomic E-state index is 0.265. The number of rotatable bonds is 2. The van der Waals surface area contributed by atoms with Crippen LogP contribution in [0.5, 0.6) is 0 Å². The highest BCUT2D eigenvalue weighted by atomic mass is 16.5. The summed E-state index contributed by atoms with van der Waals surface area (Å²) >= 11 is 0. The maximum atomic E-state index is 12.2. The van der Waals surface area contributed by atoms with Gasteiger partial charge in [-0.3, -0.25) is 4.79 Å². The van der Waals surface area contributed by atoms with Gasteiger partial charge in [-0.05, 0) is 43.9 Å². The van der Waals surface area contributed by atoms with Crippen molar-refractivity contribution in [1.29, 1.82) is 0 Å². The number of carbonyl (C=O) groups excluding carboxylic acids is 1. The van der Waals surface area contributed by atoms with E-state index < -0.39 is 0 Å². The molecule has 0 N–H and O–H groups in total. The van der Waals surface area contributed by atoms with E-state index in [9.17, 15) is 4.79 Å². The molecule has 1 saturated carbocycles. The van der Waals surface area contributed by atoms with Gasteiger partial charge in [0, 0.05) is 11.5 Å². The number of ether oxygens (including phenoxy) is 1. The molecule has 0 atom stereocenters. The van der Waals surface area contributed by atoms with Crippen molar-refractivity contribution in [3.05, 3.63) is 11.8 Å². The van der Waals surface area contributed by atoms with Gasteiger partial charge in [-0.25, -0.2) is 0 Å². The summed E-state index contributed by atoms with van der Waals surface area (Å²) in [6.45, 7) is 5.38. The standard InChI is InChI=1S/C14H22O2/c1-14(2)7-5-11(6-8-14)13(15)12-4-3-9-16-10-12/h10-11H,3-9H2,1-2H3. The van der Waals surface area contributed by atoms with Crippen LogP contribution in [-0.2, 0) is 9.53 Å². The fourth-order valence-corrected chi connectivity index (χ4v) is 2.67. The molecule has 2 nitrogen and oxygen atoms in total. The molecule has 0 spiro atoms. The average Bonchev–Trinajstić information content (AvgIpc) is 2.29. The molecule has 0 bridgehead atoms. The Balaban J connectivity index is 1.93. The number of Topliss-reactive ketones (excluding diaryl/α,β-unsaturated/α-hetero) is 1. The van der Waals surface area contributed by atoms with E-state index in [1.807, 2.05) is 0 Å². The molecular weight excluding hydrogens is 200 g/mol. The van der Waals surface area contributed by atoms with Crippen LogP contribution in [0.3, 0.4) is 0 Å². The Hall–Kier alpha value is -0.790. The highest BCUT2D eigenvalue weighted by Crippen LogP contribution is 2.39. The van der Waals surface area contributed by atoms with Gasteiger partial charge >= 0.3 is 0 Å². The van der Waals surface area contributed by atoms with Gasteiger partial charge in [0.2, 0.25) is 0 Å². The maximum absolute atomic E-state index is 12.2. The molecule has 1 fully saturated rings. The van der Waals surface area contributed by atoms with Gasteiger partial charge in [0.1, 0.15) is 0 Å². The lowest BCUT2D eigenvalue weighted by atomic mass is 9.71. The highest BCUT2D eigenvalue weighted by Gasteiger charge is 2.32. The van der Waals surface area contributed by atoms with Crippen molar-refractivity contribution in [2.45, 2.75) is 52.4 Å². The average molecular weight is 222 g/mol. The van der Waals surface area contributed by atoms with E-state index in [1.54, 1.807) is 6.26 Å². The largest absolute Gasteiger partial charge is 0.501 e. The summed E-state index contributed by atoms with van der Waals surface area (Å²) in [6.07, 6.45) is 8.08. The Kier molecular flexibility index (Phi) is 3.36. The second-order valence-electron chi connectivity index (χ2n) is 5.92. The van der Waals surface area contributed by atoms with E-state index in [0.717, 1.165) is 37.9 Å². The number of ketones is 1. The topological polar surface area (TPSA) is 26.3 Å². The molecule has 0 aromatic rings. The molecule has 0 radical (unpaired) electrons. The van der Waals surface area contributed by atoms with Crippen molar-refractivity contribution in [3.63, 3.8) is 0 Å². The molecule has 1 aliphatic heterocycles. The van der Waals surface area contributed by atoms with Crippen molar-refractivity contribution >= 4 is 5.78 Å². The maximum Gasteiger partial charge on any atom is 0.164 e. The van der Waals surface area contributed by atoms with Gasteiger partial charge < -0.3 is 4.74 Å². The van der Waals surface area contributed by atoms with Crippen molar-refractivity contribution in [2.75, 3.05) is 6.61 Å². The Labute approximate surface area is 98.1 Å². The van der Waals surface area contributed by atoms with E-state index in [2.05, 4.69) is 13.8 Å². The second-order valence-corrected chi connectivity index (χ2v) is 5.92. The van der Waals surface area contributed by atoms with Gasteiger partial charge in [-0.2, -0.15) is 0 Å². The van der Waals surface area contributed by atoms with Crippen molar-refractivity contribution in [3.8, 4) is 0 Å². The van der Waals surface area contributed by atoms with Gasteiger partial charge in [0.15, 0.2) is 5.78 Å². The van der Waals surface area contributed by atoms with Crippen LogP contribution >= 0.6 is 0 Å². The van der Waals surface area contributed by atoms with Gasteiger partial charge in [-0.15, -0.1) is 0 Å². The number of carbonyl (C=O) groups is 1. The summed E-state index contributed by atoms with van der Waals surface area (Å²) in [5.41, 5.74) is 1.37. The van der Waals surface area contributed by atoms with Gasteiger partial charge in [0.25, 0.3) is 0 Å². The van der Waals surface area contributed by atoms with Crippen LogP contribution in [0.2, 0.25) is 0 Å². The predicted octanol–water partition coefficient (Wildman–Crippen LogP) is 3.47. The van der Waals surface area contributed by atoms with Crippen molar-refractivity contribution in [1.82, 2.24) is 0 Å². The van der Waals surface area contributed by atoms with Crippen LogP contribution in [0.15, 0.2) is 11.8 Å². The van der Waals surface area contributed by atoms with Crippen LogP contribution in [0.4, 0.5) is 0 Å². The van der Waals surface area contributed by atoms with Crippen LogP contribution in [0, 0.1) is 11.3 Å². The Bertz CT molecular complexity index is 292. The lowest BCUT2D eigenvalue weighted by Crippen LogP contribution is -2.27. The molecule has 2 heteroatoms. The van der Waals surface area contributed by atoms with Gasteiger partial charge in [0.05, 0.1) is 12.9 Å². The van der Waals surface area contributed by atoms with E-state index in [0.29, 0.717) is 11.2 Å². The zero-order valence-electron chi connectivity index (χ0n) is 10.4. The van der Waals surface area contributed by atoms with Crippen molar-refractivity contribution < 1.29 is 9.53 Å². The molecule has 0 aromatic heterocycles. The zero-order valence-corrected chi connectivity index (χ0v) is 10.4. The SMILES string of the molecule is CC1(C)CCC(C(=O)C2=COCCC2)CC1. The normalized spacial score (nSPS) is 25.8. The monoisotopic (exact) mass is 222 g/mol. The first-order valence-corrected chi connectivity index (χ1v) is 6.43. The number of hydrogen-bond donors (Lipinski definition) is 0.